The number of pyridine rings is 1. The lowest BCUT2D eigenvalue weighted by molar-refractivity contribution is -0.137. The zero-order chi connectivity index (χ0) is 24.9. The summed E-state index contributed by atoms with van der Waals surface area (Å²) >= 11 is 3.54. The molecule has 1 unspecified atom stereocenters. The quantitative estimate of drug-likeness (QED) is 0.409. The van der Waals surface area contributed by atoms with Crippen molar-refractivity contribution in [3.05, 3.63) is 64.4 Å². The topological polar surface area (TPSA) is 76.9 Å². The number of alkyl halides is 3. The van der Waals surface area contributed by atoms with Gasteiger partial charge in [-0.1, -0.05) is 0 Å². The van der Waals surface area contributed by atoms with Crippen LogP contribution in [0.2, 0.25) is 0 Å². The molecule has 0 radical (unpaired) electrons. The van der Waals surface area contributed by atoms with Crippen molar-refractivity contribution in [3.8, 4) is 11.4 Å². The van der Waals surface area contributed by atoms with Crippen molar-refractivity contribution in [3.63, 3.8) is 0 Å². The molecule has 1 saturated carbocycles. The van der Waals surface area contributed by atoms with Crippen molar-refractivity contribution < 1.29 is 21.6 Å². The Balaban J connectivity index is 1.77. The summed E-state index contributed by atoms with van der Waals surface area (Å²) in [4.78, 5) is 4.29. The predicted molar refractivity (Wildman–Crippen MR) is 125 cm³/mol. The molecule has 6 nitrogen and oxygen atoms in total. The van der Waals surface area contributed by atoms with Gasteiger partial charge in [-0.3, -0.25) is 9.67 Å². The molecule has 1 aliphatic carbocycles. The van der Waals surface area contributed by atoms with Gasteiger partial charge in [-0.25, -0.2) is 13.1 Å². The lowest BCUT2D eigenvalue weighted by Gasteiger charge is -2.25. The van der Waals surface area contributed by atoms with Gasteiger partial charge in [0.1, 0.15) is 5.69 Å². The Labute approximate surface area is 204 Å². The highest BCUT2D eigenvalue weighted by atomic mass is 79.9. The van der Waals surface area contributed by atoms with E-state index in [1.54, 1.807) is 18.5 Å². The van der Waals surface area contributed by atoms with Crippen LogP contribution in [0.4, 0.5) is 13.2 Å². The molecule has 2 aromatic heterocycles. The van der Waals surface area contributed by atoms with E-state index in [-0.39, 0.29) is 10.8 Å². The number of hydrogen-bond donors (Lipinski definition) is 1. The number of nitrogens with one attached hydrogen (secondary N) is 1. The molecule has 3 aromatic rings. The summed E-state index contributed by atoms with van der Waals surface area (Å²) in [5.74, 6) is 0.0445. The van der Waals surface area contributed by atoms with Crippen LogP contribution >= 0.6 is 15.9 Å². The van der Waals surface area contributed by atoms with Crippen molar-refractivity contribution in [2.45, 2.75) is 56.3 Å². The van der Waals surface area contributed by atoms with Gasteiger partial charge in [-0.05, 0) is 91.9 Å². The summed E-state index contributed by atoms with van der Waals surface area (Å²) in [6.45, 7) is 5.97. The van der Waals surface area contributed by atoms with Crippen LogP contribution in [-0.2, 0) is 21.7 Å². The third-order valence-electron chi connectivity index (χ3n) is 5.62. The van der Waals surface area contributed by atoms with Gasteiger partial charge in [0.25, 0.3) is 0 Å². The number of sulfonamides is 1. The van der Waals surface area contributed by atoms with Gasteiger partial charge in [0.05, 0.1) is 33.9 Å². The van der Waals surface area contributed by atoms with Crippen LogP contribution in [0.3, 0.4) is 0 Å². The summed E-state index contributed by atoms with van der Waals surface area (Å²) in [7, 11) is -4.10. The van der Waals surface area contributed by atoms with E-state index in [2.05, 4.69) is 30.7 Å². The van der Waals surface area contributed by atoms with Crippen molar-refractivity contribution in [2.75, 3.05) is 0 Å². The molecule has 11 heteroatoms. The molecule has 34 heavy (non-hydrogen) atoms. The van der Waals surface area contributed by atoms with Gasteiger partial charge in [0, 0.05) is 16.2 Å². The van der Waals surface area contributed by atoms with Crippen molar-refractivity contribution in [1.82, 2.24) is 19.5 Å². The molecule has 1 N–H and O–H groups in total. The molecule has 182 valence electrons. The molecule has 0 aliphatic heterocycles. The zero-order valence-corrected chi connectivity index (χ0v) is 21.2. The third-order valence-corrected chi connectivity index (χ3v) is 7.72. The fourth-order valence-corrected chi connectivity index (χ4v) is 5.52. The average molecular weight is 557 g/mol. The number of halogens is 4. The molecular formula is C23H24BrF3N4O2S. The highest BCUT2D eigenvalue weighted by molar-refractivity contribution is 9.10. The summed E-state index contributed by atoms with van der Waals surface area (Å²) in [6, 6.07) is 6.53. The largest absolute Gasteiger partial charge is 0.416 e. The molecule has 0 amide bonds. The third kappa shape index (κ3) is 5.06. The Bertz CT molecular complexity index is 1290. The minimum Gasteiger partial charge on any atom is -0.258 e. The van der Waals surface area contributed by atoms with E-state index < -0.39 is 33.3 Å². The van der Waals surface area contributed by atoms with Crippen LogP contribution in [0.1, 0.15) is 50.8 Å². The van der Waals surface area contributed by atoms with E-state index in [4.69, 9.17) is 0 Å². The van der Waals surface area contributed by atoms with Gasteiger partial charge in [-0.15, -0.1) is 0 Å². The molecule has 2 heterocycles. The molecule has 1 aromatic carbocycles. The van der Waals surface area contributed by atoms with Crippen LogP contribution in [0.25, 0.3) is 11.4 Å². The fourth-order valence-electron chi connectivity index (χ4n) is 3.80. The molecule has 1 fully saturated rings. The van der Waals surface area contributed by atoms with E-state index >= 15 is 0 Å². The Morgan fingerprint density at radius 2 is 1.76 bits per heavy atom. The van der Waals surface area contributed by atoms with Crippen LogP contribution < -0.4 is 4.72 Å². The Morgan fingerprint density at radius 1 is 1.12 bits per heavy atom. The molecule has 1 aliphatic rings. The smallest absolute Gasteiger partial charge is 0.258 e. The number of rotatable bonds is 6. The second kappa shape index (κ2) is 8.76. The molecule has 0 spiro atoms. The number of aromatic nitrogens is 3. The summed E-state index contributed by atoms with van der Waals surface area (Å²) in [5.41, 5.74) is 0.674. The lowest BCUT2D eigenvalue weighted by atomic mass is 10.0. The second-order valence-corrected chi connectivity index (χ2v) is 11.9. The highest BCUT2D eigenvalue weighted by Crippen LogP contribution is 2.46. The molecule has 4 rings (SSSR count). The first-order valence-corrected chi connectivity index (χ1v) is 13.0. The summed E-state index contributed by atoms with van der Waals surface area (Å²) in [5, 5.41) is 4.57. The first kappa shape index (κ1) is 24.9. The SMILES string of the molecule is CC(C)(C)n1ncc(C(NS(=O)(=O)c2ccc(C(F)(F)F)cc2)C2CC2)c1-c1ncccc1Br. The first-order chi connectivity index (χ1) is 15.8. The van der Waals surface area contributed by atoms with Crippen molar-refractivity contribution in [2.24, 2.45) is 5.92 Å². The molecule has 1 atom stereocenters. The van der Waals surface area contributed by atoms with Gasteiger partial charge in [-0.2, -0.15) is 18.3 Å². The number of benzene rings is 1. The van der Waals surface area contributed by atoms with Crippen LogP contribution in [0.5, 0.6) is 0 Å². The minimum atomic E-state index is -4.54. The van der Waals surface area contributed by atoms with Crippen LogP contribution in [0.15, 0.2) is 58.2 Å². The van der Waals surface area contributed by atoms with Gasteiger partial charge >= 0.3 is 6.18 Å². The maximum atomic E-state index is 13.2. The van der Waals surface area contributed by atoms with E-state index in [9.17, 15) is 21.6 Å². The zero-order valence-electron chi connectivity index (χ0n) is 18.8. The maximum absolute atomic E-state index is 13.2. The maximum Gasteiger partial charge on any atom is 0.416 e. The molecule has 0 saturated heterocycles. The average Bonchev–Trinajstić information content (AvgIpc) is 3.49. The monoisotopic (exact) mass is 556 g/mol. The van der Waals surface area contributed by atoms with Crippen LogP contribution in [-0.4, -0.2) is 23.2 Å². The Morgan fingerprint density at radius 3 is 2.29 bits per heavy atom. The van der Waals surface area contributed by atoms with Gasteiger partial charge < -0.3 is 0 Å². The number of hydrogen-bond acceptors (Lipinski definition) is 4. The summed E-state index contributed by atoms with van der Waals surface area (Å²) < 4.78 is 70.4. The highest BCUT2D eigenvalue weighted by Gasteiger charge is 2.39. The van der Waals surface area contributed by atoms with E-state index in [1.165, 1.54) is 0 Å². The summed E-state index contributed by atoms with van der Waals surface area (Å²) in [6.07, 6.45) is 0.411. The fraction of sp³-hybridized carbons (Fsp3) is 0.391. The Hall–Kier alpha value is -2.24. The van der Waals surface area contributed by atoms with Gasteiger partial charge in [0.15, 0.2) is 0 Å². The second-order valence-electron chi connectivity index (χ2n) is 9.32. The molecule has 0 bridgehead atoms. The van der Waals surface area contributed by atoms with E-state index in [0.717, 1.165) is 41.6 Å². The van der Waals surface area contributed by atoms with E-state index in [0.29, 0.717) is 17.0 Å². The Kier molecular flexibility index (Phi) is 6.41. The minimum absolute atomic E-state index is 0.0445. The predicted octanol–water partition coefficient (Wildman–Crippen LogP) is 5.91. The number of nitrogens with zero attached hydrogens (tertiary/aromatic N) is 3. The van der Waals surface area contributed by atoms with E-state index in [1.807, 2.05) is 31.5 Å². The normalized spacial score (nSPS) is 16.0. The van der Waals surface area contributed by atoms with Crippen molar-refractivity contribution in [1.29, 1.82) is 0 Å². The first-order valence-electron chi connectivity index (χ1n) is 10.7. The van der Waals surface area contributed by atoms with Gasteiger partial charge in [0.2, 0.25) is 10.0 Å². The molecular weight excluding hydrogens is 533 g/mol. The standard InChI is InChI=1S/C23H24BrF3N4O2S/c1-22(2,3)31-21(20-18(24)5-4-12-28-20)17(13-29-31)19(14-6-7-14)30-34(32,33)16-10-8-15(9-11-16)23(25,26)27/h4-5,8-14,19,30H,6-7H2,1-3H3. The lowest BCUT2D eigenvalue weighted by Crippen LogP contribution is -2.31. The van der Waals surface area contributed by atoms with Crippen molar-refractivity contribution >= 4 is 26.0 Å². The van der Waals surface area contributed by atoms with Crippen LogP contribution in [0, 0.1) is 5.92 Å².